The molecule has 2 aromatic heterocycles. The summed E-state index contributed by atoms with van der Waals surface area (Å²) in [5.74, 6) is 1.98. The summed E-state index contributed by atoms with van der Waals surface area (Å²) in [5.41, 5.74) is 0.139. The Morgan fingerprint density at radius 2 is 1.90 bits per heavy atom. The largest absolute Gasteiger partial charge is 0.357 e. The van der Waals surface area contributed by atoms with Gasteiger partial charge in [-0.15, -0.1) is 0 Å². The van der Waals surface area contributed by atoms with E-state index in [0.717, 1.165) is 6.54 Å². The van der Waals surface area contributed by atoms with Gasteiger partial charge < -0.3 is 10.6 Å². The van der Waals surface area contributed by atoms with E-state index in [2.05, 4.69) is 63.4 Å². The molecule has 0 saturated carbocycles. The summed E-state index contributed by atoms with van der Waals surface area (Å²) >= 11 is 0. The minimum atomic E-state index is 0.139. The Kier molecular flexibility index (Phi) is 4.35. The number of aromatic nitrogens is 6. The molecule has 0 unspecified atom stereocenters. The van der Waals surface area contributed by atoms with Gasteiger partial charge in [0.05, 0.1) is 0 Å². The first-order chi connectivity index (χ1) is 9.92. The third kappa shape index (κ3) is 3.65. The van der Waals surface area contributed by atoms with E-state index in [-0.39, 0.29) is 5.41 Å². The molecule has 114 valence electrons. The highest BCUT2D eigenvalue weighted by Crippen LogP contribution is 2.25. The lowest BCUT2D eigenvalue weighted by Gasteiger charge is -2.29. The number of hydrogen-bond acceptors (Lipinski definition) is 7. The Hall–Kier alpha value is -2.25. The summed E-state index contributed by atoms with van der Waals surface area (Å²) in [6.07, 6.45) is 2.99. The molecular formula is C13H22N8. The lowest BCUT2D eigenvalue weighted by Crippen LogP contribution is -2.29. The molecule has 0 aromatic carbocycles. The summed E-state index contributed by atoms with van der Waals surface area (Å²) in [4.78, 5) is 16.9. The summed E-state index contributed by atoms with van der Waals surface area (Å²) in [6, 6.07) is 0. The van der Waals surface area contributed by atoms with Gasteiger partial charge in [0.2, 0.25) is 11.9 Å². The number of hydrogen-bond donors (Lipinski definition) is 2. The lowest BCUT2D eigenvalue weighted by atomic mass is 9.81. The fourth-order valence-corrected chi connectivity index (χ4v) is 1.48. The van der Waals surface area contributed by atoms with Gasteiger partial charge in [-0.3, -0.25) is 0 Å². The Labute approximate surface area is 124 Å². The van der Waals surface area contributed by atoms with Gasteiger partial charge in [0, 0.05) is 13.6 Å². The zero-order valence-corrected chi connectivity index (χ0v) is 13.1. The van der Waals surface area contributed by atoms with Gasteiger partial charge in [0.25, 0.3) is 5.95 Å². The van der Waals surface area contributed by atoms with E-state index in [1.807, 2.05) is 0 Å². The van der Waals surface area contributed by atoms with E-state index in [0.29, 0.717) is 23.8 Å². The van der Waals surface area contributed by atoms with Crippen molar-refractivity contribution >= 4 is 11.9 Å². The SMILES string of the molecule is CNc1nc(NCC(C)(C)C(C)C)nc(-n2cncn2)n1. The van der Waals surface area contributed by atoms with Crippen molar-refractivity contribution in [1.82, 2.24) is 29.7 Å². The van der Waals surface area contributed by atoms with Crippen molar-refractivity contribution in [2.45, 2.75) is 27.7 Å². The molecule has 2 aromatic rings. The molecule has 8 nitrogen and oxygen atoms in total. The van der Waals surface area contributed by atoms with Crippen LogP contribution < -0.4 is 10.6 Å². The smallest absolute Gasteiger partial charge is 0.258 e. The minimum Gasteiger partial charge on any atom is -0.357 e. The molecule has 0 atom stereocenters. The zero-order chi connectivity index (χ0) is 15.5. The second kappa shape index (κ2) is 6.02. The summed E-state index contributed by atoms with van der Waals surface area (Å²) in [6.45, 7) is 9.60. The fraction of sp³-hybridized carbons (Fsp3) is 0.615. The van der Waals surface area contributed by atoms with E-state index in [1.165, 1.54) is 11.0 Å². The maximum atomic E-state index is 4.37. The third-order valence-corrected chi connectivity index (χ3v) is 3.74. The maximum absolute atomic E-state index is 4.37. The molecule has 0 radical (unpaired) electrons. The standard InChI is InChI=1S/C13H22N8/c1-9(2)13(3,4)6-16-11-18-10(14-5)19-12(20-11)21-8-15-7-17-21/h7-9H,6H2,1-5H3,(H2,14,16,18,19,20). The molecular weight excluding hydrogens is 268 g/mol. The van der Waals surface area contributed by atoms with Crippen molar-refractivity contribution in [1.29, 1.82) is 0 Å². The maximum Gasteiger partial charge on any atom is 0.258 e. The van der Waals surface area contributed by atoms with Gasteiger partial charge in [0.15, 0.2) is 0 Å². The Morgan fingerprint density at radius 3 is 2.48 bits per heavy atom. The minimum absolute atomic E-state index is 0.139. The van der Waals surface area contributed by atoms with Crippen LogP contribution in [-0.2, 0) is 0 Å². The van der Waals surface area contributed by atoms with Crippen LogP contribution in [0.4, 0.5) is 11.9 Å². The molecule has 21 heavy (non-hydrogen) atoms. The van der Waals surface area contributed by atoms with Gasteiger partial charge in [-0.25, -0.2) is 4.98 Å². The summed E-state index contributed by atoms with van der Waals surface area (Å²) in [5, 5.41) is 10.2. The second-order valence-corrected chi connectivity index (χ2v) is 5.87. The predicted octanol–water partition coefficient (Wildman–Crippen LogP) is 1.59. The highest BCUT2D eigenvalue weighted by atomic mass is 15.4. The van der Waals surface area contributed by atoms with Gasteiger partial charge in [-0.05, 0) is 11.3 Å². The van der Waals surface area contributed by atoms with Crippen molar-refractivity contribution in [2.75, 3.05) is 24.2 Å². The zero-order valence-electron chi connectivity index (χ0n) is 13.1. The molecule has 2 N–H and O–H groups in total. The molecule has 0 amide bonds. The van der Waals surface area contributed by atoms with Crippen LogP contribution in [-0.4, -0.2) is 43.3 Å². The van der Waals surface area contributed by atoms with Gasteiger partial charge in [0.1, 0.15) is 12.7 Å². The van der Waals surface area contributed by atoms with Crippen LogP contribution in [0, 0.1) is 11.3 Å². The molecule has 8 heteroatoms. The fourth-order valence-electron chi connectivity index (χ4n) is 1.48. The van der Waals surface area contributed by atoms with Crippen molar-refractivity contribution in [3.05, 3.63) is 12.7 Å². The molecule has 0 saturated heterocycles. The first kappa shape index (κ1) is 15.1. The molecule has 2 rings (SSSR count). The molecule has 0 aliphatic heterocycles. The quantitative estimate of drug-likeness (QED) is 0.834. The van der Waals surface area contributed by atoms with E-state index in [4.69, 9.17) is 0 Å². The van der Waals surface area contributed by atoms with E-state index in [1.54, 1.807) is 13.4 Å². The highest BCUT2D eigenvalue weighted by molar-refractivity contribution is 5.37. The van der Waals surface area contributed by atoms with E-state index >= 15 is 0 Å². The molecule has 0 spiro atoms. The van der Waals surface area contributed by atoms with Gasteiger partial charge in [-0.2, -0.15) is 24.7 Å². The molecule has 0 aliphatic carbocycles. The third-order valence-electron chi connectivity index (χ3n) is 3.74. The molecule has 0 bridgehead atoms. The lowest BCUT2D eigenvalue weighted by molar-refractivity contribution is 0.269. The van der Waals surface area contributed by atoms with E-state index in [9.17, 15) is 0 Å². The normalized spacial score (nSPS) is 11.7. The van der Waals surface area contributed by atoms with Crippen LogP contribution >= 0.6 is 0 Å². The summed E-state index contributed by atoms with van der Waals surface area (Å²) < 4.78 is 1.50. The van der Waals surface area contributed by atoms with Crippen LogP contribution in [0.3, 0.4) is 0 Å². The number of nitrogens with zero attached hydrogens (tertiary/aromatic N) is 6. The molecule has 0 aliphatic rings. The average molecular weight is 290 g/mol. The number of anilines is 2. The molecule has 0 fully saturated rings. The predicted molar refractivity (Wildman–Crippen MR) is 81.4 cm³/mol. The number of nitrogens with one attached hydrogen (secondary N) is 2. The van der Waals surface area contributed by atoms with Crippen LogP contribution in [0.5, 0.6) is 0 Å². The van der Waals surface area contributed by atoms with Crippen LogP contribution in [0.25, 0.3) is 5.95 Å². The first-order valence-electron chi connectivity index (χ1n) is 6.95. The van der Waals surface area contributed by atoms with E-state index < -0.39 is 0 Å². The Bertz CT molecular complexity index is 576. The van der Waals surface area contributed by atoms with Crippen LogP contribution in [0.2, 0.25) is 0 Å². The van der Waals surface area contributed by atoms with Crippen LogP contribution in [0.15, 0.2) is 12.7 Å². The van der Waals surface area contributed by atoms with Crippen molar-refractivity contribution < 1.29 is 0 Å². The topological polar surface area (TPSA) is 93.4 Å². The van der Waals surface area contributed by atoms with Crippen molar-refractivity contribution in [3.8, 4) is 5.95 Å². The van der Waals surface area contributed by atoms with Gasteiger partial charge in [-0.1, -0.05) is 27.7 Å². The van der Waals surface area contributed by atoms with Crippen LogP contribution in [0.1, 0.15) is 27.7 Å². The number of rotatable bonds is 6. The van der Waals surface area contributed by atoms with Gasteiger partial charge >= 0.3 is 0 Å². The summed E-state index contributed by atoms with van der Waals surface area (Å²) in [7, 11) is 1.77. The Morgan fingerprint density at radius 1 is 1.19 bits per heavy atom. The Balaban J connectivity index is 2.22. The highest BCUT2D eigenvalue weighted by Gasteiger charge is 2.22. The van der Waals surface area contributed by atoms with Crippen molar-refractivity contribution in [3.63, 3.8) is 0 Å². The molecule has 2 heterocycles. The second-order valence-electron chi connectivity index (χ2n) is 5.87. The monoisotopic (exact) mass is 290 g/mol. The average Bonchev–Trinajstić information content (AvgIpc) is 2.99. The first-order valence-corrected chi connectivity index (χ1v) is 6.95. The van der Waals surface area contributed by atoms with Crippen molar-refractivity contribution in [2.24, 2.45) is 11.3 Å².